The number of nitrogens with one attached hydrogen (secondary N) is 2. The van der Waals surface area contributed by atoms with Crippen molar-refractivity contribution in [1.82, 2.24) is 20.2 Å². The van der Waals surface area contributed by atoms with Gasteiger partial charge in [-0.1, -0.05) is 42.5 Å². The molecule has 0 atom stereocenters. The standard InChI is InChI=1S/C22H27N5O.HI/c1-23-22(26-16-19-9-6-10-20(15-19)28-2)25-12-11-21-24-13-14-27(21)17-18-7-4-3-5-8-18;/h3-10,13-15H,11-12,16-17H2,1-2H3,(H2,23,25,26);1H. The van der Waals surface area contributed by atoms with Crippen molar-refractivity contribution < 1.29 is 4.74 Å². The van der Waals surface area contributed by atoms with Crippen LogP contribution in [0, 0.1) is 0 Å². The van der Waals surface area contributed by atoms with Crippen molar-refractivity contribution >= 4 is 29.9 Å². The largest absolute Gasteiger partial charge is 0.497 e. The van der Waals surface area contributed by atoms with Gasteiger partial charge in [-0.3, -0.25) is 4.99 Å². The number of guanidine groups is 1. The molecule has 0 saturated heterocycles. The van der Waals surface area contributed by atoms with Crippen molar-refractivity contribution in [2.75, 3.05) is 20.7 Å². The Morgan fingerprint density at radius 2 is 1.86 bits per heavy atom. The number of aliphatic imine (C=N–C) groups is 1. The predicted molar refractivity (Wildman–Crippen MR) is 128 cm³/mol. The summed E-state index contributed by atoms with van der Waals surface area (Å²) in [5.41, 5.74) is 2.41. The zero-order valence-electron chi connectivity index (χ0n) is 16.8. The zero-order chi connectivity index (χ0) is 19.6. The van der Waals surface area contributed by atoms with E-state index < -0.39 is 0 Å². The number of benzene rings is 2. The molecule has 0 aliphatic heterocycles. The molecule has 0 aliphatic rings. The molecule has 2 N–H and O–H groups in total. The van der Waals surface area contributed by atoms with Crippen LogP contribution in [-0.4, -0.2) is 36.2 Å². The Morgan fingerprint density at radius 3 is 2.62 bits per heavy atom. The molecule has 0 saturated carbocycles. The van der Waals surface area contributed by atoms with Gasteiger partial charge in [0.05, 0.1) is 7.11 Å². The van der Waals surface area contributed by atoms with E-state index in [4.69, 9.17) is 4.74 Å². The summed E-state index contributed by atoms with van der Waals surface area (Å²) in [6.45, 7) is 2.27. The van der Waals surface area contributed by atoms with Gasteiger partial charge in [0.15, 0.2) is 5.96 Å². The maximum Gasteiger partial charge on any atom is 0.191 e. The minimum absolute atomic E-state index is 0. The van der Waals surface area contributed by atoms with Crippen LogP contribution in [0.5, 0.6) is 5.75 Å². The van der Waals surface area contributed by atoms with Gasteiger partial charge in [-0.2, -0.15) is 0 Å². The Hall–Kier alpha value is -2.55. The van der Waals surface area contributed by atoms with E-state index in [1.165, 1.54) is 5.56 Å². The van der Waals surface area contributed by atoms with Crippen LogP contribution in [0.25, 0.3) is 0 Å². The molecule has 0 bridgehead atoms. The average Bonchev–Trinajstić information content (AvgIpc) is 3.18. The van der Waals surface area contributed by atoms with Crippen molar-refractivity contribution in [3.8, 4) is 5.75 Å². The van der Waals surface area contributed by atoms with E-state index in [-0.39, 0.29) is 24.0 Å². The van der Waals surface area contributed by atoms with Crippen LogP contribution in [0.4, 0.5) is 0 Å². The second kappa shape index (κ2) is 12.1. The number of nitrogens with zero attached hydrogens (tertiary/aromatic N) is 3. The molecule has 0 aliphatic carbocycles. The molecular formula is C22H28IN5O. The Bertz CT molecular complexity index is 895. The van der Waals surface area contributed by atoms with Gasteiger partial charge in [-0.05, 0) is 23.3 Å². The fourth-order valence-corrected chi connectivity index (χ4v) is 2.97. The molecule has 2 aromatic carbocycles. The first kappa shape index (κ1) is 22.7. The summed E-state index contributed by atoms with van der Waals surface area (Å²) in [5, 5.41) is 6.68. The van der Waals surface area contributed by atoms with E-state index in [1.54, 1.807) is 14.2 Å². The number of methoxy groups -OCH3 is 1. The lowest BCUT2D eigenvalue weighted by atomic mass is 10.2. The molecule has 3 aromatic rings. The average molecular weight is 505 g/mol. The molecule has 3 rings (SSSR count). The molecule has 0 unspecified atom stereocenters. The van der Waals surface area contributed by atoms with E-state index >= 15 is 0 Å². The van der Waals surface area contributed by atoms with Crippen LogP contribution < -0.4 is 15.4 Å². The number of rotatable bonds is 8. The molecule has 154 valence electrons. The molecule has 0 spiro atoms. The van der Waals surface area contributed by atoms with Gasteiger partial charge in [0.25, 0.3) is 0 Å². The maximum atomic E-state index is 5.27. The molecule has 0 fully saturated rings. The SMILES string of the molecule is CN=C(NCCc1nccn1Cc1ccccc1)NCc1cccc(OC)c1.I. The highest BCUT2D eigenvalue weighted by Crippen LogP contribution is 2.12. The highest BCUT2D eigenvalue weighted by atomic mass is 127. The van der Waals surface area contributed by atoms with Crippen LogP contribution >= 0.6 is 24.0 Å². The minimum atomic E-state index is 0. The van der Waals surface area contributed by atoms with E-state index in [1.807, 2.05) is 36.7 Å². The van der Waals surface area contributed by atoms with E-state index in [2.05, 4.69) is 55.5 Å². The topological polar surface area (TPSA) is 63.5 Å². The van der Waals surface area contributed by atoms with E-state index in [0.717, 1.165) is 42.6 Å². The zero-order valence-corrected chi connectivity index (χ0v) is 19.2. The third kappa shape index (κ3) is 7.08. The number of imidazole rings is 1. The first-order valence-electron chi connectivity index (χ1n) is 9.40. The number of ether oxygens (including phenoxy) is 1. The lowest BCUT2D eigenvalue weighted by molar-refractivity contribution is 0.414. The molecule has 7 heteroatoms. The normalized spacial score (nSPS) is 10.9. The molecule has 0 radical (unpaired) electrons. The second-order valence-electron chi connectivity index (χ2n) is 6.41. The molecule has 0 amide bonds. The smallest absolute Gasteiger partial charge is 0.191 e. The molecule has 6 nitrogen and oxygen atoms in total. The Labute approximate surface area is 189 Å². The molecule has 1 aromatic heterocycles. The minimum Gasteiger partial charge on any atom is -0.497 e. The van der Waals surface area contributed by atoms with Gasteiger partial charge >= 0.3 is 0 Å². The van der Waals surface area contributed by atoms with Crippen molar-refractivity contribution in [1.29, 1.82) is 0 Å². The van der Waals surface area contributed by atoms with Crippen molar-refractivity contribution in [3.05, 3.63) is 83.9 Å². The number of hydrogen-bond acceptors (Lipinski definition) is 3. The summed E-state index contributed by atoms with van der Waals surface area (Å²) in [6, 6.07) is 18.4. The quantitative estimate of drug-likeness (QED) is 0.280. The first-order valence-corrected chi connectivity index (χ1v) is 9.40. The number of halogens is 1. The van der Waals surface area contributed by atoms with Crippen molar-refractivity contribution in [3.63, 3.8) is 0 Å². The second-order valence-corrected chi connectivity index (χ2v) is 6.41. The predicted octanol–water partition coefficient (Wildman–Crippen LogP) is 3.47. The summed E-state index contributed by atoms with van der Waals surface area (Å²) in [5.74, 6) is 2.68. The molecular weight excluding hydrogens is 477 g/mol. The third-order valence-corrected chi connectivity index (χ3v) is 4.46. The number of aromatic nitrogens is 2. The fourth-order valence-electron chi connectivity index (χ4n) is 2.97. The van der Waals surface area contributed by atoms with Gasteiger partial charge in [-0.15, -0.1) is 24.0 Å². The summed E-state index contributed by atoms with van der Waals surface area (Å²) in [4.78, 5) is 8.79. The fraction of sp³-hybridized carbons (Fsp3) is 0.273. The highest BCUT2D eigenvalue weighted by Gasteiger charge is 2.05. The van der Waals surface area contributed by atoms with Crippen molar-refractivity contribution in [2.45, 2.75) is 19.5 Å². The van der Waals surface area contributed by atoms with Crippen LogP contribution in [-0.2, 0) is 19.5 Å². The monoisotopic (exact) mass is 505 g/mol. The first-order chi connectivity index (χ1) is 13.8. The Morgan fingerprint density at radius 1 is 1.07 bits per heavy atom. The highest BCUT2D eigenvalue weighted by molar-refractivity contribution is 14.0. The summed E-state index contributed by atoms with van der Waals surface area (Å²) in [6.07, 6.45) is 4.70. The van der Waals surface area contributed by atoms with Crippen LogP contribution in [0.2, 0.25) is 0 Å². The lowest BCUT2D eigenvalue weighted by Crippen LogP contribution is -2.38. The Kier molecular flexibility index (Phi) is 9.49. The van der Waals surface area contributed by atoms with Crippen LogP contribution in [0.1, 0.15) is 17.0 Å². The van der Waals surface area contributed by atoms with Gasteiger partial charge in [0.2, 0.25) is 0 Å². The van der Waals surface area contributed by atoms with E-state index in [0.29, 0.717) is 6.54 Å². The van der Waals surface area contributed by atoms with Crippen LogP contribution in [0.15, 0.2) is 72.0 Å². The Balaban J connectivity index is 0.00000300. The summed E-state index contributed by atoms with van der Waals surface area (Å²) < 4.78 is 7.45. The van der Waals surface area contributed by atoms with Crippen molar-refractivity contribution in [2.24, 2.45) is 4.99 Å². The van der Waals surface area contributed by atoms with E-state index in [9.17, 15) is 0 Å². The van der Waals surface area contributed by atoms with Gasteiger partial charge in [-0.25, -0.2) is 4.98 Å². The van der Waals surface area contributed by atoms with Crippen LogP contribution in [0.3, 0.4) is 0 Å². The molecule has 29 heavy (non-hydrogen) atoms. The summed E-state index contributed by atoms with van der Waals surface area (Å²) in [7, 11) is 3.45. The maximum absolute atomic E-state index is 5.27. The lowest BCUT2D eigenvalue weighted by Gasteiger charge is -2.13. The third-order valence-electron chi connectivity index (χ3n) is 4.46. The van der Waals surface area contributed by atoms with Gasteiger partial charge in [0.1, 0.15) is 11.6 Å². The van der Waals surface area contributed by atoms with Gasteiger partial charge < -0.3 is 19.9 Å². The molecule has 1 heterocycles. The van der Waals surface area contributed by atoms with Gasteiger partial charge in [0, 0.05) is 45.5 Å². The number of hydrogen-bond donors (Lipinski definition) is 2. The summed E-state index contributed by atoms with van der Waals surface area (Å²) >= 11 is 0.